The lowest BCUT2D eigenvalue weighted by molar-refractivity contribution is -0.333. The molecule has 0 spiro atoms. The molecule has 49 heavy (non-hydrogen) atoms. The van der Waals surface area contributed by atoms with Crippen LogP contribution >= 0.6 is 7.82 Å². The topological polar surface area (TPSA) is 250 Å². The predicted octanol–water partition coefficient (Wildman–Crippen LogP) is 2.26. The molecule has 0 bridgehead atoms. The van der Waals surface area contributed by atoms with Gasteiger partial charge in [0, 0.05) is 31.4 Å². The first-order valence-corrected chi connectivity index (χ1v) is 16.4. The van der Waals surface area contributed by atoms with E-state index in [-0.39, 0.29) is 69.0 Å². The molecule has 10 N–H and O–H groups in total. The van der Waals surface area contributed by atoms with Crippen molar-refractivity contribution in [2.24, 2.45) is 0 Å². The molecule has 3 aromatic carbocycles. The second kappa shape index (κ2) is 15.4. The Morgan fingerprint density at radius 1 is 1.04 bits per heavy atom. The smallest absolute Gasteiger partial charge is 0.334 e. The van der Waals surface area contributed by atoms with Gasteiger partial charge in [0.1, 0.15) is 25.8 Å². The van der Waals surface area contributed by atoms with Crippen molar-refractivity contribution in [2.45, 2.75) is 31.7 Å². The Morgan fingerprint density at radius 3 is 2.47 bits per heavy atom. The van der Waals surface area contributed by atoms with Crippen LogP contribution in [0.15, 0.2) is 91.6 Å². The fourth-order valence-electron chi connectivity index (χ4n) is 6.10. The largest absolute Gasteiger partial charge is 0.780 e. The molecule has 2 atom stereocenters. The number of carbonyl (C=O) groups is 3. The molecule has 6 rings (SSSR count). The molecule has 4 amide bonds. The number of hydrogen-bond donors (Lipinski definition) is 4. The molecule has 3 heterocycles. The Bertz CT molecular complexity index is 1830. The number of hydrogen-bond acceptors (Lipinski definition) is 9. The minimum Gasteiger partial charge on any atom is -0.780 e. The lowest BCUT2D eigenvalue weighted by Gasteiger charge is -2.55. The number of hydrazine groups is 1. The molecule has 2 fully saturated rings. The molecule has 16 nitrogen and oxygen atoms in total. The number of benzene rings is 3. The van der Waals surface area contributed by atoms with Crippen molar-refractivity contribution in [3.05, 3.63) is 108 Å². The minimum absolute atomic E-state index is 0. The maximum absolute atomic E-state index is 14.3. The first-order valence-electron chi connectivity index (χ1n) is 14.9. The van der Waals surface area contributed by atoms with Gasteiger partial charge in [0.25, 0.3) is 0 Å². The van der Waals surface area contributed by atoms with Gasteiger partial charge in [0.15, 0.2) is 0 Å². The van der Waals surface area contributed by atoms with Gasteiger partial charge in [-0.1, -0.05) is 66.7 Å². The number of quaternary nitrogens is 2. The summed E-state index contributed by atoms with van der Waals surface area (Å²) in [6.07, 6.45) is 2.50. The number of fused-ring (bicyclic) bond motifs is 2. The van der Waals surface area contributed by atoms with Gasteiger partial charge >= 0.3 is 6.03 Å². The average molecular weight is 694 g/mol. The van der Waals surface area contributed by atoms with Crippen molar-refractivity contribution in [1.29, 1.82) is 0 Å². The van der Waals surface area contributed by atoms with E-state index in [2.05, 4.69) is 26.6 Å². The number of amides is 4. The van der Waals surface area contributed by atoms with Crippen LogP contribution in [0, 0.1) is 0 Å². The summed E-state index contributed by atoms with van der Waals surface area (Å²) < 4.78 is 15.5. The second-order valence-corrected chi connectivity index (χ2v) is 12.4. The second-order valence-electron chi connectivity index (χ2n) is 11.3. The maximum atomic E-state index is 14.3. The summed E-state index contributed by atoms with van der Waals surface area (Å²) in [5, 5.41) is 14.1. The number of nitrogens with zero attached hydrogens (tertiary/aromatic N) is 5. The van der Waals surface area contributed by atoms with Crippen molar-refractivity contribution >= 4 is 36.6 Å². The van der Waals surface area contributed by atoms with Gasteiger partial charge in [-0.25, -0.2) is 14.8 Å². The van der Waals surface area contributed by atoms with Crippen LogP contribution < -0.4 is 31.9 Å². The molecule has 0 unspecified atom stereocenters. The molecule has 0 aliphatic carbocycles. The third-order valence-electron chi connectivity index (χ3n) is 8.16. The molecule has 0 radical (unpaired) electrons. The number of para-hydroxylation sites is 1. The Hall–Kier alpha value is -5.09. The first kappa shape index (κ1) is 36.7. The highest BCUT2D eigenvalue weighted by Gasteiger charge is 2.51. The van der Waals surface area contributed by atoms with E-state index in [4.69, 9.17) is 0 Å². The number of phosphoric ester groups is 1. The van der Waals surface area contributed by atoms with E-state index in [1.807, 2.05) is 48.5 Å². The SMILES string of the molecule is C=CCN1CC(=O)N2[C@@H](Cc3ccc(OP(=O)([O-])[O-])cc3)C(=O)N(Cc3cccc4cn[nH]c34)C[C@@H]2N1C(=O)NCc1ccccc1.[NH4+].[NH4+]. The van der Waals surface area contributed by atoms with Gasteiger partial charge < -0.3 is 46.3 Å². The van der Waals surface area contributed by atoms with E-state index in [9.17, 15) is 28.7 Å². The third kappa shape index (κ3) is 8.14. The van der Waals surface area contributed by atoms with Crippen LogP contribution in [-0.2, 0) is 33.7 Å². The molecule has 2 aliphatic heterocycles. The van der Waals surface area contributed by atoms with Crippen molar-refractivity contribution in [1.82, 2.24) is 47.6 Å². The van der Waals surface area contributed by atoms with Gasteiger partial charge in [0.2, 0.25) is 11.8 Å². The van der Waals surface area contributed by atoms with Crippen molar-refractivity contribution in [2.75, 3.05) is 19.6 Å². The Morgan fingerprint density at radius 2 is 1.78 bits per heavy atom. The number of carbonyl (C=O) groups excluding carboxylic acids is 3. The van der Waals surface area contributed by atoms with Gasteiger partial charge in [0.05, 0.1) is 24.8 Å². The normalized spacial score (nSPS) is 18.0. The molecule has 0 saturated carbocycles. The summed E-state index contributed by atoms with van der Waals surface area (Å²) in [4.78, 5) is 67.2. The van der Waals surface area contributed by atoms with E-state index in [1.54, 1.807) is 22.2 Å². The van der Waals surface area contributed by atoms with E-state index >= 15 is 0 Å². The molecule has 17 heteroatoms. The van der Waals surface area contributed by atoms with Crippen molar-refractivity contribution < 1.29 is 33.3 Å². The number of urea groups is 1. The average Bonchev–Trinajstić information content (AvgIpc) is 3.53. The number of rotatable bonds is 10. The Labute approximate surface area is 282 Å². The monoisotopic (exact) mass is 693 g/mol. The zero-order chi connectivity index (χ0) is 33.1. The summed E-state index contributed by atoms with van der Waals surface area (Å²) in [7, 11) is -5.26. The summed E-state index contributed by atoms with van der Waals surface area (Å²) in [5.41, 5.74) is 3.06. The molecule has 1 aromatic heterocycles. The minimum atomic E-state index is -5.26. The highest BCUT2D eigenvalue weighted by atomic mass is 31.2. The standard InChI is InChI=1S/C32H34N7O7P.2H3N/c1-2-15-37-21-29(40)38-27(16-22-11-13-26(14-12-22)46-47(43,44)45)31(41)36(19-25-10-6-9-24-18-34-35-30(24)25)20-28(38)39(37)32(42)33-17-23-7-4-3-5-8-23;;/h2-14,18,27-28H,1,15-17,19-21H2,(H,33,42)(H,34,35)(H2,43,44,45);2*1H3/t27-,28-;;/m0../s1. The third-order valence-corrected chi connectivity index (χ3v) is 8.59. The highest BCUT2D eigenvalue weighted by molar-refractivity contribution is 7.43. The summed E-state index contributed by atoms with van der Waals surface area (Å²) in [6, 6.07) is 19.3. The number of H-pyrrole nitrogens is 1. The molecular weight excluding hydrogens is 653 g/mol. The zero-order valence-corrected chi connectivity index (χ0v) is 28.1. The van der Waals surface area contributed by atoms with E-state index in [0.717, 1.165) is 22.0 Å². The van der Waals surface area contributed by atoms with Gasteiger partial charge in [-0.2, -0.15) is 5.10 Å². The molecule has 260 valence electrons. The maximum Gasteiger partial charge on any atom is 0.334 e. The summed E-state index contributed by atoms with van der Waals surface area (Å²) in [5.74, 6) is -0.826. The predicted molar refractivity (Wildman–Crippen MR) is 179 cm³/mol. The zero-order valence-electron chi connectivity index (χ0n) is 27.2. The summed E-state index contributed by atoms with van der Waals surface area (Å²) in [6.45, 7) is 4.34. The van der Waals surface area contributed by atoms with Gasteiger partial charge in [-0.3, -0.25) is 14.7 Å². The van der Waals surface area contributed by atoms with E-state index < -0.39 is 26.1 Å². The van der Waals surface area contributed by atoms with Crippen molar-refractivity contribution in [3.8, 4) is 5.75 Å². The van der Waals surface area contributed by atoms with Crippen molar-refractivity contribution in [3.63, 3.8) is 0 Å². The van der Waals surface area contributed by atoms with Crippen LogP contribution in [0.4, 0.5) is 4.79 Å². The van der Waals surface area contributed by atoms with Crippen LogP contribution in [0.25, 0.3) is 10.9 Å². The van der Waals surface area contributed by atoms with Crippen LogP contribution in [0.2, 0.25) is 0 Å². The molecule has 4 aromatic rings. The lowest BCUT2D eigenvalue weighted by atomic mass is 9.98. The Balaban J connectivity index is 0.00000270. The number of aromatic nitrogens is 2. The van der Waals surface area contributed by atoms with Crippen LogP contribution in [0.5, 0.6) is 5.75 Å². The quantitative estimate of drug-likeness (QED) is 0.140. The lowest BCUT2D eigenvalue weighted by Crippen LogP contribution is -2.76. The number of aromatic amines is 1. The number of nitrogens with one attached hydrogen (secondary N) is 2. The van der Waals surface area contributed by atoms with Gasteiger partial charge in [-0.15, -0.1) is 6.58 Å². The van der Waals surface area contributed by atoms with E-state index in [0.29, 0.717) is 5.56 Å². The Kier molecular flexibility index (Phi) is 11.6. The van der Waals surface area contributed by atoms with E-state index in [1.165, 1.54) is 34.2 Å². The van der Waals surface area contributed by atoms with Gasteiger partial charge in [-0.05, 0) is 28.8 Å². The summed E-state index contributed by atoms with van der Waals surface area (Å²) >= 11 is 0. The molecule has 2 saturated heterocycles. The number of piperazine rings is 1. The fraction of sp³-hybridized carbons (Fsp3) is 0.250. The van der Waals surface area contributed by atoms with Crippen LogP contribution in [0.3, 0.4) is 0 Å². The van der Waals surface area contributed by atoms with Crippen LogP contribution in [-0.4, -0.2) is 79.7 Å². The fourth-order valence-corrected chi connectivity index (χ4v) is 6.48. The van der Waals surface area contributed by atoms with Crippen LogP contribution in [0.1, 0.15) is 16.7 Å². The first-order chi connectivity index (χ1) is 22.6. The molecule has 2 aliphatic rings. The number of phosphoric acid groups is 1. The molecular formula is C32H40N9O7P. The highest BCUT2D eigenvalue weighted by Crippen LogP contribution is 2.32.